The number of hydrogen-bond donors (Lipinski definition) is 1. The maximum absolute atomic E-state index is 12.4. The topological polar surface area (TPSA) is 96.0 Å². The lowest BCUT2D eigenvalue weighted by atomic mass is 10.1. The van der Waals surface area contributed by atoms with Gasteiger partial charge in [-0.05, 0) is 47.7 Å². The van der Waals surface area contributed by atoms with Crippen molar-refractivity contribution < 1.29 is 22.8 Å². The first-order valence-electron chi connectivity index (χ1n) is 9.07. The molecule has 29 heavy (non-hydrogen) atoms. The molecule has 0 radical (unpaired) electrons. The van der Waals surface area contributed by atoms with Crippen molar-refractivity contribution in [1.29, 1.82) is 0 Å². The van der Waals surface area contributed by atoms with Crippen LogP contribution in [0, 0.1) is 0 Å². The molecule has 1 N–H and O–H groups in total. The molecule has 0 saturated carbocycles. The molecule has 3 rings (SSSR count). The molecule has 1 aromatic carbocycles. The van der Waals surface area contributed by atoms with E-state index in [1.807, 2.05) is 11.4 Å². The molecule has 0 fully saturated rings. The number of carbonyl (C=O) groups is 2. The van der Waals surface area contributed by atoms with Crippen LogP contribution in [-0.2, 0) is 37.4 Å². The van der Waals surface area contributed by atoms with Gasteiger partial charge >= 0.3 is 0 Å². The summed E-state index contributed by atoms with van der Waals surface area (Å²) in [6.45, 7) is 1.28. The fourth-order valence-corrected chi connectivity index (χ4v) is 4.88. The number of benzene rings is 1. The van der Waals surface area contributed by atoms with E-state index in [9.17, 15) is 18.0 Å². The maximum Gasteiger partial charge on any atom is 0.264 e. The molecular weight excluding hydrogens is 414 g/mol. The van der Waals surface area contributed by atoms with Crippen molar-refractivity contribution in [2.75, 3.05) is 26.0 Å². The highest BCUT2D eigenvalue weighted by atomic mass is 32.2. The first-order valence-corrected chi connectivity index (χ1v) is 11.4. The number of amides is 2. The largest absolute Gasteiger partial charge is 0.338 e. The minimum atomic E-state index is -3.74. The summed E-state index contributed by atoms with van der Waals surface area (Å²) in [5, 5.41) is 4.72. The first kappa shape index (κ1) is 21.4. The minimum absolute atomic E-state index is 0.0407. The molecule has 0 saturated heterocycles. The van der Waals surface area contributed by atoms with Crippen LogP contribution in [-0.4, -0.2) is 50.3 Å². The van der Waals surface area contributed by atoms with E-state index in [2.05, 4.69) is 5.32 Å². The van der Waals surface area contributed by atoms with Crippen molar-refractivity contribution in [3.63, 3.8) is 0 Å². The van der Waals surface area contributed by atoms with E-state index in [1.165, 1.54) is 48.9 Å². The van der Waals surface area contributed by atoms with E-state index >= 15 is 0 Å². The zero-order valence-corrected chi connectivity index (χ0v) is 17.9. The van der Waals surface area contributed by atoms with Gasteiger partial charge in [-0.3, -0.25) is 14.4 Å². The van der Waals surface area contributed by atoms with Gasteiger partial charge in [0.1, 0.15) is 0 Å². The zero-order valence-electron chi connectivity index (χ0n) is 16.3. The van der Waals surface area contributed by atoms with Crippen molar-refractivity contribution in [1.82, 2.24) is 9.37 Å². The van der Waals surface area contributed by atoms with Crippen LogP contribution >= 0.6 is 11.3 Å². The molecule has 0 bridgehead atoms. The van der Waals surface area contributed by atoms with Gasteiger partial charge < -0.3 is 10.2 Å². The molecule has 2 heterocycles. The van der Waals surface area contributed by atoms with E-state index in [1.54, 1.807) is 16.2 Å². The highest BCUT2D eigenvalue weighted by Crippen LogP contribution is 2.24. The number of fused-ring (bicyclic) bond motifs is 1. The van der Waals surface area contributed by atoms with Crippen LogP contribution in [0.1, 0.15) is 23.3 Å². The van der Waals surface area contributed by atoms with Gasteiger partial charge in [-0.25, -0.2) is 8.42 Å². The van der Waals surface area contributed by atoms with Gasteiger partial charge in [-0.15, -0.1) is 11.3 Å². The van der Waals surface area contributed by atoms with Gasteiger partial charge in [-0.1, -0.05) is 4.47 Å². The maximum atomic E-state index is 12.4. The van der Waals surface area contributed by atoms with Crippen LogP contribution in [0.3, 0.4) is 0 Å². The second-order valence-corrected chi connectivity index (χ2v) is 9.54. The first-order chi connectivity index (χ1) is 13.8. The quantitative estimate of drug-likeness (QED) is 0.670. The Morgan fingerprint density at radius 2 is 1.93 bits per heavy atom. The van der Waals surface area contributed by atoms with E-state index in [4.69, 9.17) is 4.84 Å². The van der Waals surface area contributed by atoms with Gasteiger partial charge in [-0.2, -0.15) is 0 Å². The van der Waals surface area contributed by atoms with Crippen LogP contribution < -0.4 is 5.32 Å². The molecule has 0 atom stereocenters. The number of carbonyl (C=O) groups excluding carboxylic acids is 2. The van der Waals surface area contributed by atoms with Crippen LogP contribution in [0.5, 0.6) is 0 Å². The number of thiophene rings is 1. The Kier molecular flexibility index (Phi) is 6.68. The Bertz CT molecular complexity index is 986. The summed E-state index contributed by atoms with van der Waals surface area (Å²) in [6, 6.07) is 7.81. The van der Waals surface area contributed by atoms with E-state index in [0.29, 0.717) is 18.8 Å². The van der Waals surface area contributed by atoms with Gasteiger partial charge in [0, 0.05) is 43.5 Å². The van der Waals surface area contributed by atoms with Crippen molar-refractivity contribution in [2.45, 2.75) is 30.7 Å². The minimum Gasteiger partial charge on any atom is -0.338 e. The Hall–Kier alpha value is -2.27. The Morgan fingerprint density at radius 1 is 1.21 bits per heavy atom. The molecule has 0 unspecified atom stereocenters. The number of sulfonamides is 1. The van der Waals surface area contributed by atoms with Crippen molar-refractivity contribution in [3.8, 4) is 0 Å². The number of nitrogens with one attached hydrogen (secondary N) is 1. The molecule has 2 amide bonds. The van der Waals surface area contributed by atoms with Gasteiger partial charge in [0.05, 0.1) is 12.0 Å². The molecule has 0 spiro atoms. The molecule has 156 valence electrons. The standard InChI is InChI=1S/C19H23N3O5S2/c1-21(27-2)29(25,26)16-5-3-15(4-6-16)20-18(23)7-8-19(24)22-11-9-17-14(13-22)10-12-28-17/h3-6,10,12H,7-9,11,13H2,1-2H3,(H,20,23). The predicted octanol–water partition coefficient (Wildman–Crippen LogP) is 2.23. The van der Waals surface area contributed by atoms with E-state index in [-0.39, 0.29) is 29.6 Å². The average molecular weight is 438 g/mol. The molecular formula is C19H23N3O5S2. The number of hydrogen-bond acceptors (Lipinski definition) is 6. The summed E-state index contributed by atoms with van der Waals surface area (Å²) in [7, 11) is -1.18. The lowest BCUT2D eigenvalue weighted by molar-refractivity contribution is -0.133. The third kappa shape index (κ3) is 5.02. The number of anilines is 1. The zero-order chi connectivity index (χ0) is 21.0. The Balaban J connectivity index is 1.50. The van der Waals surface area contributed by atoms with Gasteiger partial charge in [0.15, 0.2) is 0 Å². The summed E-state index contributed by atoms with van der Waals surface area (Å²) < 4.78 is 25.1. The highest BCUT2D eigenvalue weighted by Gasteiger charge is 2.22. The van der Waals surface area contributed by atoms with Crippen molar-refractivity contribution in [2.24, 2.45) is 0 Å². The molecule has 1 aliphatic rings. The number of rotatable bonds is 7. The Labute approximate surface area is 174 Å². The highest BCUT2D eigenvalue weighted by molar-refractivity contribution is 7.89. The molecule has 2 aromatic rings. The van der Waals surface area contributed by atoms with E-state index < -0.39 is 10.0 Å². The number of hydroxylamine groups is 1. The normalized spacial score (nSPS) is 14.0. The van der Waals surface area contributed by atoms with Crippen LogP contribution in [0.4, 0.5) is 5.69 Å². The lowest BCUT2D eigenvalue weighted by Gasteiger charge is -2.27. The fourth-order valence-electron chi connectivity index (χ4n) is 3.02. The summed E-state index contributed by atoms with van der Waals surface area (Å²) in [6.07, 6.45) is 1.06. The monoisotopic (exact) mass is 437 g/mol. The smallest absolute Gasteiger partial charge is 0.264 e. The Morgan fingerprint density at radius 3 is 2.62 bits per heavy atom. The van der Waals surface area contributed by atoms with Gasteiger partial charge in [0.2, 0.25) is 11.8 Å². The summed E-state index contributed by atoms with van der Waals surface area (Å²) in [5.41, 5.74) is 1.65. The third-order valence-corrected chi connectivity index (χ3v) is 7.47. The van der Waals surface area contributed by atoms with Crippen LogP contribution in [0.2, 0.25) is 0 Å². The second kappa shape index (κ2) is 9.04. The summed E-state index contributed by atoms with van der Waals surface area (Å²) in [4.78, 5) is 32.5. The summed E-state index contributed by atoms with van der Waals surface area (Å²) >= 11 is 1.71. The molecule has 0 aliphatic carbocycles. The number of nitrogens with zero attached hydrogens (tertiary/aromatic N) is 2. The molecule has 8 nitrogen and oxygen atoms in total. The van der Waals surface area contributed by atoms with Crippen molar-refractivity contribution in [3.05, 3.63) is 46.2 Å². The fraction of sp³-hybridized carbons (Fsp3) is 0.368. The predicted molar refractivity (Wildman–Crippen MR) is 110 cm³/mol. The molecule has 1 aromatic heterocycles. The second-order valence-electron chi connectivity index (χ2n) is 6.60. The third-order valence-electron chi connectivity index (χ3n) is 4.76. The lowest BCUT2D eigenvalue weighted by Crippen LogP contribution is -2.35. The SMILES string of the molecule is CON(C)S(=O)(=O)c1ccc(NC(=O)CCC(=O)N2CCc3sccc3C2)cc1. The average Bonchev–Trinajstić information content (AvgIpc) is 3.19. The summed E-state index contributed by atoms with van der Waals surface area (Å²) in [5.74, 6) is -0.336. The molecule has 10 heteroatoms. The molecule has 1 aliphatic heterocycles. The van der Waals surface area contributed by atoms with Gasteiger partial charge in [0.25, 0.3) is 10.0 Å². The van der Waals surface area contributed by atoms with Crippen LogP contribution in [0.15, 0.2) is 40.6 Å². The van der Waals surface area contributed by atoms with E-state index in [0.717, 1.165) is 10.9 Å². The van der Waals surface area contributed by atoms with Crippen LogP contribution in [0.25, 0.3) is 0 Å². The van der Waals surface area contributed by atoms with Crippen molar-refractivity contribution >= 4 is 38.9 Å².